The van der Waals surface area contributed by atoms with Crippen molar-refractivity contribution in [3.63, 3.8) is 0 Å². The van der Waals surface area contributed by atoms with E-state index < -0.39 is 5.54 Å². The molecule has 0 saturated heterocycles. The van der Waals surface area contributed by atoms with Crippen molar-refractivity contribution in [1.29, 1.82) is 0 Å². The zero-order chi connectivity index (χ0) is 14.1. The molecule has 5 nitrogen and oxygen atoms in total. The van der Waals surface area contributed by atoms with Gasteiger partial charge in [-0.05, 0) is 39.3 Å². The molecule has 5 heteroatoms. The van der Waals surface area contributed by atoms with Crippen LogP contribution in [0.25, 0.3) is 0 Å². The van der Waals surface area contributed by atoms with Crippen molar-refractivity contribution in [2.45, 2.75) is 45.1 Å². The maximum Gasteiger partial charge on any atom is 0.234 e. The third-order valence-electron chi connectivity index (χ3n) is 3.70. The molecule has 2 N–H and O–H groups in total. The lowest BCUT2D eigenvalue weighted by atomic mass is 9.75. The molecule has 0 aliphatic heterocycles. The van der Waals surface area contributed by atoms with Crippen molar-refractivity contribution in [3.8, 4) is 0 Å². The first kappa shape index (κ1) is 13.7. The molecule has 2 aromatic rings. The molecule has 2 heterocycles. The fourth-order valence-electron chi connectivity index (χ4n) is 1.54. The second-order valence-corrected chi connectivity index (χ2v) is 5.90. The third-order valence-corrected chi connectivity index (χ3v) is 3.70. The Balaban J connectivity index is 2.20. The zero-order valence-electron chi connectivity index (χ0n) is 11.8. The Hall–Kier alpha value is -1.75. The largest absolute Gasteiger partial charge is 0.339 e. The van der Waals surface area contributed by atoms with Crippen LogP contribution in [0.15, 0.2) is 29.0 Å². The van der Waals surface area contributed by atoms with Crippen molar-refractivity contribution in [2.24, 2.45) is 5.73 Å². The van der Waals surface area contributed by atoms with E-state index in [2.05, 4.69) is 15.1 Å². The van der Waals surface area contributed by atoms with E-state index in [9.17, 15) is 0 Å². The highest BCUT2D eigenvalue weighted by Crippen LogP contribution is 2.31. The Labute approximate surface area is 113 Å². The summed E-state index contributed by atoms with van der Waals surface area (Å²) in [5.74, 6) is 1.22. The molecule has 102 valence electrons. The second-order valence-electron chi connectivity index (χ2n) is 5.90. The normalized spacial score (nSPS) is 12.7. The van der Waals surface area contributed by atoms with Gasteiger partial charge >= 0.3 is 0 Å². The highest BCUT2D eigenvalue weighted by molar-refractivity contribution is 5.16. The summed E-state index contributed by atoms with van der Waals surface area (Å²) in [5, 5.41) is 4.02. The Kier molecular flexibility index (Phi) is 3.41. The van der Waals surface area contributed by atoms with Crippen molar-refractivity contribution < 1.29 is 4.52 Å². The lowest BCUT2D eigenvalue weighted by Crippen LogP contribution is -2.50. The van der Waals surface area contributed by atoms with Gasteiger partial charge in [0, 0.05) is 24.4 Å². The van der Waals surface area contributed by atoms with E-state index in [0.717, 1.165) is 5.56 Å². The van der Waals surface area contributed by atoms with Crippen LogP contribution in [0.5, 0.6) is 0 Å². The summed E-state index contributed by atoms with van der Waals surface area (Å²) in [5.41, 5.74) is 6.40. The van der Waals surface area contributed by atoms with Crippen LogP contribution in [0.4, 0.5) is 0 Å². The van der Waals surface area contributed by atoms with Crippen molar-refractivity contribution >= 4 is 0 Å². The minimum atomic E-state index is -0.439. The van der Waals surface area contributed by atoms with E-state index in [-0.39, 0.29) is 5.41 Å². The van der Waals surface area contributed by atoms with Crippen LogP contribution in [-0.2, 0) is 11.8 Å². The standard InChI is InChI=1S/C14H20N4O/c1-13(2,14(3,4)15)12-17-11(18-19-12)8-10-6-5-7-16-9-10/h5-7,9H,8,15H2,1-4H3. The summed E-state index contributed by atoms with van der Waals surface area (Å²) in [4.78, 5) is 8.53. The smallest absolute Gasteiger partial charge is 0.234 e. The molecule has 0 saturated carbocycles. The van der Waals surface area contributed by atoms with Crippen LogP contribution in [0.2, 0.25) is 0 Å². The van der Waals surface area contributed by atoms with E-state index in [0.29, 0.717) is 18.1 Å². The monoisotopic (exact) mass is 260 g/mol. The maximum absolute atomic E-state index is 6.17. The van der Waals surface area contributed by atoms with Gasteiger partial charge in [-0.2, -0.15) is 4.98 Å². The van der Waals surface area contributed by atoms with E-state index in [1.807, 2.05) is 39.8 Å². The molecule has 0 radical (unpaired) electrons. The molecule has 0 unspecified atom stereocenters. The number of hydrogen-bond donors (Lipinski definition) is 1. The number of hydrogen-bond acceptors (Lipinski definition) is 5. The molecule has 2 aromatic heterocycles. The Morgan fingerprint density at radius 1 is 1.26 bits per heavy atom. The van der Waals surface area contributed by atoms with Crippen LogP contribution in [0, 0.1) is 0 Å². The van der Waals surface area contributed by atoms with Gasteiger partial charge in [-0.25, -0.2) is 0 Å². The Morgan fingerprint density at radius 2 is 2.00 bits per heavy atom. The molecular formula is C14H20N4O. The van der Waals surface area contributed by atoms with Crippen molar-refractivity contribution in [1.82, 2.24) is 15.1 Å². The van der Waals surface area contributed by atoms with Gasteiger partial charge in [0.1, 0.15) is 0 Å². The van der Waals surface area contributed by atoms with Crippen LogP contribution in [0.1, 0.15) is 45.0 Å². The second kappa shape index (κ2) is 4.74. The number of pyridine rings is 1. The lowest BCUT2D eigenvalue weighted by Gasteiger charge is -2.34. The molecule has 0 bridgehead atoms. The number of rotatable bonds is 4. The van der Waals surface area contributed by atoms with Gasteiger partial charge < -0.3 is 10.3 Å². The predicted molar refractivity (Wildman–Crippen MR) is 72.6 cm³/mol. The van der Waals surface area contributed by atoms with Gasteiger partial charge in [-0.1, -0.05) is 11.2 Å². The third kappa shape index (κ3) is 2.81. The first-order valence-electron chi connectivity index (χ1n) is 6.31. The molecule has 2 rings (SSSR count). The first-order chi connectivity index (χ1) is 8.80. The molecule has 0 atom stereocenters. The minimum Gasteiger partial charge on any atom is -0.339 e. The van der Waals surface area contributed by atoms with Gasteiger partial charge in [0.05, 0.1) is 5.41 Å². The summed E-state index contributed by atoms with van der Waals surface area (Å²) in [7, 11) is 0. The Bertz CT molecular complexity index is 540. The molecule has 0 amide bonds. The molecule has 0 aliphatic rings. The van der Waals surface area contributed by atoms with Crippen LogP contribution in [-0.4, -0.2) is 20.7 Å². The van der Waals surface area contributed by atoms with Crippen LogP contribution >= 0.6 is 0 Å². The molecule has 0 fully saturated rings. The van der Waals surface area contributed by atoms with E-state index in [1.165, 1.54) is 0 Å². The fourth-order valence-corrected chi connectivity index (χ4v) is 1.54. The van der Waals surface area contributed by atoms with Gasteiger partial charge in [0.25, 0.3) is 0 Å². The first-order valence-corrected chi connectivity index (χ1v) is 6.31. The molecular weight excluding hydrogens is 240 g/mol. The number of nitrogens with two attached hydrogens (primary N) is 1. The minimum absolute atomic E-state index is 0.382. The highest BCUT2D eigenvalue weighted by Gasteiger charge is 2.40. The summed E-state index contributed by atoms with van der Waals surface area (Å²) >= 11 is 0. The van der Waals surface area contributed by atoms with Crippen molar-refractivity contribution in [3.05, 3.63) is 41.8 Å². The average molecular weight is 260 g/mol. The Morgan fingerprint density at radius 3 is 2.58 bits per heavy atom. The van der Waals surface area contributed by atoms with Crippen molar-refractivity contribution in [2.75, 3.05) is 0 Å². The SMILES string of the molecule is CC(C)(N)C(C)(C)c1nc(Cc2cccnc2)no1. The molecule has 0 spiro atoms. The van der Waals surface area contributed by atoms with Gasteiger partial charge in [-0.15, -0.1) is 0 Å². The summed E-state index contributed by atoms with van der Waals surface area (Å²) in [6.07, 6.45) is 4.15. The van der Waals surface area contributed by atoms with Crippen LogP contribution < -0.4 is 5.73 Å². The van der Waals surface area contributed by atoms with Gasteiger partial charge in [0.2, 0.25) is 5.89 Å². The lowest BCUT2D eigenvalue weighted by molar-refractivity contribution is 0.222. The molecule has 0 aliphatic carbocycles. The van der Waals surface area contributed by atoms with E-state index in [4.69, 9.17) is 10.3 Å². The number of aromatic nitrogens is 3. The number of nitrogens with zero attached hydrogens (tertiary/aromatic N) is 3. The van der Waals surface area contributed by atoms with E-state index in [1.54, 1.807) is 12.4 Å². The molecule has 0 aromatic carbocycles. The zero-order valence-corrected chi connectivity index (χ0v) is 11.8. The van der Waals surface area contributed by atoms with Gasteiger partial charge in [0.15, 0.2) is 5.82 Å². The fraction of sp³-hybridized carbons (Fsp3) is 0.500. The summed E-state index contributed by atoms with van der Waals surface area (Å²) in [6, 6.07) is 3.88. The highest BCUT2D eigenvalue weighted by atomic mass is 16.5. The quantitative estimate of drug-likeness (QED) is 0.910. The van der Waals surface area contributed by atoms with Gasteiger partial charge in [-0.3, -0.25) is 4.98 Å². The van der Waals surface area contributed by atoms with E-state index >= 15 is 0 Å². The summed E-state index contributed by atoms with van der Waals surface area (Å²) in [6.45, 7) is 7.93. The predicted octanol–water partition coefficient (Wildman–Crippen LogP) is 2.07. The summed E-state index contributed by atoms with van der Waals surface area (Å²) < 4.78 is 5.37. The maximum atomic E-state index is 6.17. The average Bonchev–Trinajstić information content (AvgIpc) is 2.78. The topological polar surface area (TPSA) is 77.8 Å². The molecule has 19 heavy (non-hydrogen) atoms. The van der Waals surface area contributed by atoms with Crippen LogP contribution in [0.3, 0.4) is 0 Å².